The molecule has 0 bridgehead atoms. The number of fused-ring (bicyclic) bond motifs is 1. The number of rotatable bonds is 3. The van der Waals surface area contributed by atoms with E-state index in [0.717, 1.165) is 44.3 Å². The Bertz CT molecular complexity index is 1350. The largest absolute Gasteiger partial charge is 0.378 e. The van der Waals surface area contributed by atoms with Gasteiger partial charge in [0.25, 0.3) is 5.91 Å². The minimum Gasteiger partial charge on any atom is -0.378 e. The zero-order valence-corrected chi connectivity index (χ0v) is 19.4. The highest BCUT2D eigenvalue weighted by atomic mass is 35.5. The second kappa shape index (κ2) is 8.93. The van der Waals surface area contributed by atoms with Crippen LogP contribution in [0.15, 0.2) is 60.9 Å². The van der Waals surface area contributed by atoms with E-state index in [4.69, 9.17) is 21.3 Å². The number of hydrogen-bond acceptors (Lipinski definition) is 4. The highest BCUT2D eigenvalue weighted by Gasteiger charge is 2.23. The molecular formula is C27H24ClN3O2. The molecule has 1 aliphatic heterocycles. The quantitative estimate of drug-likeness (QED) is 0.395. The maximum Gasteiger partial charge on any atom is 0.272 e. The molecule has 5 rings (SSSR count). The summed E-state index contributed by atoms with van der Waals surface area (Å²) >= 11 is 6.64. The van der Waals surface area contributed by atoms with E-state index in [9.17, 15) is 4.79 Å². The summed E-state index contributed by atoms with van der Waals surface area (Å²) in [4.78, 5) is 24.1. The first-order valence-corrected chi connectivity index (χ1v) is 11.4. The third-order valence-electron chi connectivity index (χ3n) is 6.20. The van der Waals surface area contributed by atoms with Crippen molar-refractivity contribution in [1.82, 2.24) is 14.9 Å². The molecule has 0 atom stereocenters. The average Bonchev–Trinajstić information content (AvgIpc) is 2.84. The zero-order chi connectivity index (χ0) is 22.9. The van der Waals surface area contributed by atoms with Gasteiger partial charge in [-0.15, -0.1) is 0 Å². The van der Waals surface area contributed by atoms with E-state index in [1.165, 1.54) is 0 Å². The number of carbonyl (C=O) groups is 1. The van der Waals surface area contributed by atoms with Gasteiger partial charge in [0.1, 0.15) is 5.69 Å². The van der Waals surface area contributed by atoms with Crippen molar-refractivity contribution in [1.29, 1.82) is 0 Å². The third-order valence-corrected chi connectivity index (χ3v) is 6.53. The second-order valence-corrected chi connectivity index (χ2v) is 8.67. The molecule has 4 aromatic rings. The predicted octanol–water partition coefficient (Wildman–Crippen LogP) is 5.71. The van der Waals surface area contributed by atoms with Crippen LogP contribution in [0.3, 0.4) is 0 Å². The first-order valence-electron chi connectivity index (χ1n) is 11.0. The van der Waals surface area contributed by atoms with Crippen molar-refractivity contribution >= 4 is 28.4 Å². The summed E-state index contributed by atoms with van der Waals surface area (Å²) in [5, 5.41) is 1.64. The van der Waals surface area contributed by atoms with Crippen molar-refractivity contribution in [2.75, 3.05) is 26.3 Å². The minimum absolute atomic E-state index is 0.0815. The summed E-state index contributed by atoms with van der Waals surface area (Å²) in [6.07, 6.45) is 3.60. The van der Waals surface area contributed by atoms with Gasteiger partial charge in [-0.25, -0.2) is 4.98 Å². The van der Waals surface area contributed by atoms with E-state index in [1.807, 2.05) is 42.5 Å². The lowest BCUT2D eigenvalue weighted by atomic mass is 9.89. The second-order valence-electron chi connectivity index (χ2n) is 8.26. The highest BCUT2D eigenvalue weighted by molar-refractivity contribution is 6.33. The number of carbonyl (C=O) groups excluding carboxylic acids is 1. The van der Waals surface area contributed by atoms with E-state index in [2.05, 4.69) is 24.9 Å². The van der Waals surface area contributed by atoms with E-state index >= 15 is 0 Å². The molecule has 33 heavy (non-hydrogen) atoms. The van der Waals surface area contributed by atoms with Crippen molar-refractivity contribution < 1.29 is 9.53 Å². The standard InChI is InChI=1S/C27H24ClN3O2/c1-17-15-23-26(18(2)25(17)19-7-9-29-10-8-19)21(20-5-3-4-6-22(20)28)16-24(30-23)27(32)31-11-13-33-14-12-31/h3-10,15-16H,11-14H2,1-2H3. The maximum atomic E-state index is 13.3. The molecule has 0 N–H and O–H groups in total. The molecule has 3 heterocycles. The molecule has 1 aliphatic rings. The zero-order valence-electron chi connectivity index (χ0n) is 18.6. The molecule has 0 aliphatic carbocycles. The van der Waals surface area contributed by atoms with Crippen molar-refractivity contribution in [3.8, 4) is 22.3 Å². The maximum absolute atomic E-state index is 13.3. The topological polar surface area (TPSA) is 55.3 Å². The Labute approximate surface area is 198 Å². The Kier molecular flexibility index (Phi) is 5.83. The van der Waals surface area contributed by atoms with Gasteiger partial charge in [0.15, 0.2) is 0 Å². The van der Waals surface area contributed by atoms with Gasteiger partial charge >= 0.3 is 0 Å². The SMILES string of the molecule is Cc1cc2nc(C(=O)N3CCOCC3)cc(-c3ccccc3Cl)c2c(C)c1-c1ccncc1. The van der Waals surface area contributed by atoms with Crippen LogP contribution in [0.5, 0.6) is 0 Å². The molecular weight excluding hydrogens is 434 g/mol. The molecule has 2 aromatic carbocycles. The van der Waals surface area contributed by atoms with Crippen LogP contribution in [0, 0.1) is 13.8 Å². The molecule has 0 unspecified atom stereocenters. The molecule has 1 amide bonds. The fourth-order valence-electron chi connectivity index (χ4n) is 4.65. The lowest BCUT2D eigenvalue weighted by Crippen LogP contribution is -2.41. The van der Waals surface area contributed by atoms with Gasteiger partial charge in [0, 0.05) is 41.5 Å². The molecule has 0 radical (unpaired) electrons. The van der Waals surface area contributed by atoms with Crippen LogP contribution in [-0.4, -0.2) is 47.1 Å². The molecule has 0 saturated carbocycles. The van der Waals surface area contributed by atoms with Crippen LogP contribution in [0.25, 0.3) is 33.2 Å². The molecule has 1 fully saturated rings. The molecule has 6 heteroatoms. The lowest BCUT2D eigenvalue weighted by Gasteiger charge is -2.27. The number of benzene rings is 2. The predicted molar refractivity (Wildman–Crippen MR) is 132 cm³/mol. The number of morpholine rings is 1. The van der Waals surface area contributed by atoms with Gasteiger partial charge in [-0.1, -0.05) is 29.8 Å². The summed E-state index contributed by atoms with van der Waals surface area (Å²) in [7, 11) is 0. The average molecular weight is 458 g/mol. The van der Waals surface area contributed by atoms with Crippen LogP contribution in [0.2, 0.25) is 5.02 Å². The molecule has 0 spiro atoms. The van der Waals surface area contributed by atoms with E-state index in [-0.39, 0.29) is 5.91 Å². The van der Waals surface area contributed by atoms with Crippen LogP contribution in [0.4, 0.5) is 0 Å². The van der Waals surface area contributed by atoms with Gasteiger partial charge in [-0.3, -0.25) is 9.78 Å². The van der Waals surface area contributed by atoms with E-state index < -0.39 is 0 Å². The number of ether oxygens (including phenoxy) is 1. The molecule has 5 nitrogen and oxygen atoms in total. The fraction of sp³-hybridized carbons (Fsp3) is 0.222. The smallest absolute Gasteiger partial charge is 0.272 e. The van der Waals surface area contributed by atoms with Gasteiger partial charge in [0.2, 0.25) is 0 Å². The normalized spacial score (nSPS) is 14.0. The van der Waals surface area contributed by atoms with Crippen molar-refractivity contribution in [2.45, 2.75) is 13.8 Å². The number of aromatic nitrogens is 2. The van der Waals surface area contributed by atoms with Crippen LogP contribution >= 0.6 is 11.6 Å². The first kappa shape index (κ1) is 21.6. The summed E-state index contributed by atoms with van der Waals surface area (Å²) in [6, 6.07) is 15.7. The Balaban J connectivity index is 1.78. The molecule has 2 aromatic heterocycles. The van der Waals surface area contributed by atoms with E-state index in [1.54, 1.807) is 17.3 Å². The van der Waals surface area contributed by atoms with Gasteiger partial charge < -0.3 is 9.64 Å². The number of amides is 1. The Hall–Kier alpha value is -3.28. The molecule has 166 valence electrons. The van der Waals surface area contributed by atoms with Crippen LogP contribution < -0.4 is 0 Å². The Morgan fingerprint density at radius 3 is 2.45 bits per heavy atom. The van der Waals surface area contributed by atoms with Gasteiger partial charge in [-0.05, 0) is 72.0 Å². The van der Waals surface area contributed by atoms with Gasteiger partial charge in [-0.2, -0.15) is 0 Å². The Morgan fingerprint density at radius 1 is 1.00 bits per heavy atom. The number of aryl methyl sites for hydroxylation is 2. The first-order chi connectivity index (χ1) is 16.0. The van der Waals surface area contributed by atoms with Crippen LogP contribution in [-0.2, 0) is 4.74 Å². The van der Waals surface area contributed by atoms with Gasteiger partial charge in [0.05, 0.1) is 18.7 Å². The number of halogens is 1. The summed E-state index contributed by atoms with van der Waals surface area (Å²) in [5.74, 6) is -0.0815. The summed E-state index contributed by atoms with van der Waals surface area (Å²) in [5.41, 5.74) is 7.45. The fourth-order valence-corrected chi connectivity index (χ4v) is 4.89. The Morgan fingerprint density at radius 2 is 1.73 bits per heavy atom. The summed E-state index contributed by atoms with van der Waals surface area (Å²) < 4.78 is 5.42. The lowest BCUT2D eigenvalue weighted by molar-refractivity contribution is 0.0299. The van der Waals surface area contributed by atoms with Crippen molar-refractivity contribution in [2.24, 2.45) is 0 Å². The monoisotopic (exact) mass is 457 g/mol. The molecule has 1 saturated heterocycles. The highest BCUT2D eigenvalue weighted by Crippen LogP contribution is 2.40. The van der Waals surface area contributed by atoms with Crippen LogP contribution in [0.1, 0.15) is 21.6 Å². The number of pyridine rings is 2. The third kappa shape index (κ3) is 3.99. The minimum atomic E-state index is -0.0815. The number of nitrogens with zero attached hydrogens (tertiary/aromatic N) is 3. The van der Waals surface area contributed by atoms with Crippen molar-refractivity contribution in [3.05, 3.63) is 82.8 Å². The van der Waals surface area contributed by atoms with E-state index in [0.29, 0.717) is 37.0 Å². The number of hydrogen-bond donors (Lipinski definition) is 0. The summed E-state index contributed by atoms with van der Waals surface area (Å²) in [6.45, 7) is 6.42. The van der Waals surface area contributed by atoms with Crippen molar-refractivity contribution in [3.63, 3.8) is 0 Å².